The second-order valence-corrected chi connectivity index (χ2v) is 4.59. The number of benzene rings is 1. The maximum atomic E-state index is 11.8. The third-order valence-electron chi connectivity index (χ3n) is 2.00. The van der Waals surface area contributed by atoms with Crippen LogP contribution in [0.2, 0.25) is 0 Å². The highest BCUT2D eigenvalue weighted by Gasteiger charge is 2.08. The number of hydrogen-bond donors (Lipinski definition) is 1. The summed E-state index contributed by atoms with van der Waals surface area (Å²) in [4.78, 5) is 11.8. The summed E-state index contributed by atoms with van der Waals surface area (Å²) >= 11 is 5.10. The van der Waals surface area contributed by atoms with Crippen LogP contribution < -0.4 is 5.32 Å². The fraction of sp³-hybridized carbons (Fsp3) is 0.364. The van der Waals surface area contributed by atoms with Crippen molar-refractivity contribution in [1.82, 2.24) is 5.32 Å². The molecule has 0 atom stereocenters. The second-order valence-electron chi connectivity index (χ2n) is 3.04. The lowest BCUT2D eigenvalue weighted by molar-refractivity contribution is 0.0955. The summed E-state index contributed by atoms with van der Waals surface area (Å²) in [6, 6.07) is 7.63. The van der Waals surface area contributed by atoms with Gasteiger partial charge in [0.1, 0.15) is 0 Å². The Morgan fingerprint density at radius 2 is 2.20 bits per heavy atom. The van der Waals surface area contributed by atoms with Crippen molar-refractivity contribution in [3.8, 4) is 0 Å². The zero-order valence-corrected chi connectivity index (χ0v) is 11.0. The molecule has 1 N–H and O–H groups in total. The maximum Gasteiger partial charge on any atom is 0.251 e. The summed E-state index contributed by atoms with van der Waals surface area (Å²) in [5.74, 6) is 0.960. The lowest BCUT2D eigenvalue weighted by Crippen LogP contribution is -2.26. The fourth-order valence-corrected chi connectivity index (χ4v) is 2.02. The normalized spacial score (nSPS) is 10.0. The number of alkyl halides is 1. The average molecular weight is 288 g/mol. The molecule has 0 fully saturated rings. The largest absolute Gasteiger partial charge is 0.351 e. The van der Waals surface area contributed by atoms with Crippen molar-refractivity contribution >= 4 is 33.6 Å². The topological polar surface area (TPSA) is 29.1 Å². The Kier molecular flexibility index (Phi) is 5.79. The van der Waals surface area contributed by atoms with Crippen molar-refractivity contribution in [2.24, 2.45) is 0 Å². The van der Waals surface area contributed by atoms with Gasteiger partial charge in [0, 0.05) is 23.2 Å². The lowest BCUT2D eigenvalue weighted by Gasteiger charge is -2.07. The number of carbonyl (C=O) groups excluding carboxylic acids is 1. The van der Waals surface area contributed by atoms with Gasteiger partial charge in [0.2, 0.25) is 0 Å². The predicted molar refractivity (Wildman–Crippen MR) is 69.8 cm³/mol. The first-order valence-corrected chi connectivity index (χ1v) is 7.22. The number of rotatable bonds is 5. The Balaban J connectivity index is 2.64. The maximum absolute atomic E-state index is 11.8. The Morgan fingerprint density at radius 3 is 2.87 bits per heavy atom. The molecule has 82 valence electrons. The molecule has 0 aliphatic heterocycles. The molecule has 15 heavy (non-hydrogen) atoms. The van der Waals surface area contributed by atoms with Gasteiger partial charge in [0.25, 0.3) is 5.91 Å². The Morgan fingerprint density at radius 1 is 1.47 bits per heavy atom. The number of halogens is 1. The van der Waals surface area contributed by atoms with E-state index >= 15 is 0 Å². The molecule has 0 saturated heterocycles. The number of hydrogen-bond acceptors (Lipinski definition) is 2. The molecule has 1 rings (SSSR count). The minimum atomic E-state index is 0.0131. The van der Waals surface area contributed by atoms with Crippen LogP contribution in [-0.2, 0) is 5.33 Å². The molecule has 1 aromatic carbocycles. The van der Waals surface area contributed by atoms with E-state index in [2.05, 4.69) is 21.2 Å². The van der Waals surface area contributed by atoms with Crippen LogP contribution in [0, 0.1) is 0 Å². The monoisotopic (exact) mass is 287 g/mol. The van der Waals surface area contributed by atoms with E-state index in [1.807, 2.05) is 30.5 Å². The third kappa shape index (κ3) is 3.87. The van der Waals surface area contributed by atoms with E-state index < -0.39 is 0 Å². The van der Waals surface area contributed by atoms with Crippen LogP contribution >= 0.6 is 27.7 Å². The quantitative estimate of drug-likeness (QED) is 0.666. The minimum Gasteiger partial charge on any atom is -0.351 e. The van der Waals surface area contributed by atoms with E-state index in [0.717, 1.165) is 23.4 Å². The van der Waals surface area contributed by atoms with Crippen molar-refractivity contribution < 1.29 is 4.79 Å². The summed E-state index contributed by atoms with van der Waals surface area (Å²) in [6.07, 6.45) is 2.03. The highest BCUT2D eigenvalue weighted by Crippen LogP contribution is 2.12. The lowest BCUT2D eigenvalue weighted by atomic mass is 10.1. The third-order valence-corrected chi connectivity index (χ3v) is 3.21. The van der Waals surface area contributed by atoms with Gasteiger partial charge in [-0.3, -0.25) is 4.79 Å². The molecule has 0 bridgehead atoms. The van der Waals surface area contributed by atoms with E-state index in [-0.39, 0.29) is 5.91 Å². The standard InChI is InChI=1S/C11H14BrNOS/c1-15-7-6-13-11(14)10-5-3-2-4-9(10)8-12/h2-5H,6-8H2,1H3,(H,13,14). The minimum absolute atomic E-state index is 0.0131. The van der Waals surface area contributed by atoms with Gasteiger partial charge >= 0.3 is 0 Å². The van der Waals surface area contributed by atoms with Crippen LogP contribution in [0.5, 0.6) is 0 Å². The summed E-state index contributed by atoms with van der Waals surface area (Å²) in [5, 5.41) is 3.60. The molecule has 0 aliphatic carbocycles. The highest BCUT2D eigenvalue weighted by molar-refractivity contribution is 9.08. The van der Waals surface area contributed by atoms with Crippen LogP contribution in [0.15, 0.2) is 24.3 Å². The molecule has 4 heteroatoms. The molecular weight excluding hydrogens is 274 g/mol. The second kappa shape index (κ2) is 6.90. The van der Waals surface area contributed by atoms with Gasteiger partial charge < -0.3 is 5.32 Å². The van der Waals surface area contributed by atoms with E-state index in [0.29, 0.717) is 5.33 Å². The van der Waals surface area contributed by atoms with Crippen molar-refractivity contribution in [2.75, 3.05) is 18.6 Å². The molecular formula is C11H14BrNOS. The van der Waals surface area contributed by atoms with E-state index in [9.17, 15) is 4.79 Å². The van der Waals surface area contributed by atoms with E-state index in [1.165, 1.54) is 0 Å². The van der Waals surface area contributed by atoms with Gasteiger partial charge in [-0.05, 0) is 17.9 Å². The first-order valence-electron chi connectivity index (χ1n) is 4.70. The van der Waals surface area contributed by atoms with Crippen molar-refractivity contribution in [1.29, 1.82) is 0 Å². The van der Waals surface area contributed by atoms with Gasteiger partial charge in [-0.15, -0.1) is 0 Å². The van der Waals surface area contributed by atoms with Crippen molar-refractivity contribution in [3.05, 3.63) is 35.4 Å². The molecule has 2 nitrogen and oxygen atoms in total. The van der Waals surface area contributed by atoms with Crippen molar-refractivity contribution in [3.63, 3.8) is 0 Å². The first kappa shape index (κ1) is 12.6. The van der Waals surface area contributed by atoms with Crippen LogP contribution in [0.3, 0.4) is 0 Å². The molecule has 0 aliphatic rings. The molecule has 0 heterocycles. The molecule has 0 aromatic heterocycles. The molecule has 1 amide bonds. The van der Waals surface area contributed by atoms with Crippen LogP contribution in [-0.4, -0.2) is 24.5 Å². The van der Waals surface area contributed by atoms with Gasteiger partial charge in [-0.25, -0.2) is 0 Å². The van der Waals surface area contributed by atoms with Gasteiger partial charge in [-0.1, -0.05) is 34.1 Å². The molecule has 0 saturated carbocycles. The summed E-state index contributed by atoms with van der Waals surface area (Å²) < 4.78 is 0. The van der Waals surface area contributed by atoms with E-state index in [4.69, 9.17) is 0 Å². The Labute approximate surface area is 103 Å². The molecule has 1 aromatic rings. The highest BCUT2D eigenvalue weighted by atomic mass is 79.9. The number of carbonyl (C=O) groups is 1. The molecule has 0 unspecified atom stereocenters. The van der Waals surface area contributed by atoms with E-state index in [1.54, 1.807) is 11.8 Å². The van der Waals surface area contributed by atoms with Crippen molar-refractivity contribution in [2.45, 2.75) is 5.33 Å². The van der Waals surface area contributed by atoms with Gasteiger partial charge in [0.05, 0.1) is 0 Å². The smallest absolute Gasteiger partial charge is 0.251 e. The number of nitrogens with one attached hydrogen (secondary N) is 1. The van der Waals surface area contributed by atoms with Crippen LogP contribution in [0.4, 0.5) is 0 Å². The summed E-state index contributed by atoms with van der Waals surface area (Å²) in [7, 11) is 0. The van der Waals surface area contributed by atoms with Crippen LogP contribution in [0.25, 0.3) is 0 Å². The van der Waals surface area contributed by atoms with Gasteiger partial charge in [-0.2, -0.15) is 11.8 Å². The number of amides is 1. The SMILES string of the molecule is CSCCNC(=O)c1ccccc1CBr. The zero-order valence-electron chi connectivity index (χ0n) is 8.63. The zero-order chi connectivity index (χ0) is 11.1. The first-order chi connectivity index (χ1) is 7.29. The molecule has 0 radical (unpaired) electrons. The Hall–Kier alpha value is -0.480. The van der Waals surface area contributed by atoms with Crippen LogP contribution in [0.1, 0.15) is 15.9 Å². The average Bonchev–Trinajstić information content (AvgIpc) is 2.29. The summed E-state index contributed by atoms with van der Waals surface area (Å²) in [5.41, 5.74) is 1.79. The van der Waals surface area contributed by atoms with Gasteiger partial charge in [0.15, 0.2) is 0 Å². The summed E-state index contributed by atoms with van der Waals surface area (Å²) in [6.45, 7) is 0.719. The number of thioether (sulfide) groups is 1. The Bertz CT molecular complexity index is 330. The fourth-order valence-electron chi connectivity index (χ4n) is 1.22. The predicted octanol–water partition coefficient (Wildman–Crippen LogP) is 2.67. The molecule has 0 spiro atoms.